The number of benzene rings is 11. The summed E-state index contributed by atoms with van der Waals surface area (Å²) < 4.78 is 0. The summed E-state index contributed by atoms with van der Waals surface area (Å²) in [4.78, 5) is 0. The second-order valence-corrected chi connectivity index (χ2v) is 15.3. The summed E-state index contributed by atoms with van der Waals surface area (Å²) in [5.41, 5.74) is 15.3. The van der Waals surface area contributed by atoms with Gasteiger partial charge in [0.05, 0.1) is 0 Å². The molecule has 0 saturated heterocycles. The van der Waals surface area contributed by atoms with Crippen molar-refractivity contribution >= 4 is 53.9 Å². The van der Waals surface area contributed by atoms with Gasteiger partial charge in [0, 0.05) is 0 Å². The third kappa shape index (κ3) is 4.79. The quantitative estimate of drug-likeness (QED) is 0.160. The van der Waals surface area contributed by atoms with Crippen molar-refractivity contribution in [3.63, 3.8) is 0 Å². The SMILES string of the molecule is c1cc(-c2ccc3cc(-c4ccc5cc(-c6ccc7c8c(cccc68)-c6ccccc6-7)ccc5c4)ccc3c2)cc(-c2cc3ccccc3c3ccccc23)c1. The number of hydrogen-bond acceptors (Lipinski definition) is 0. The van der Waals surface area contributed by atoms with E-state index < -0.39 is 0 Å². The van der Waals surface area contributed by atoms with Crippen LogP contribution in [0.2, 0.25) is 0 Å². The summed E-state index contributed by atoms with van der Waals surface area (Å²) in [5.74, 6) is 0. The van der Waals surface area contributed by atoms with E-state index in [9.17, 15) is 0 Å². The van der Waals surface area contributed by atoms with Crippen molar-refractivity contribution in [3.8, 4) is 66.8 Å². The van der Waals surface area contributed by atoms with E-state index in [0.29, 0.717) is 0 Å². The summed E-state index contributed by atoms with van der Waals surface area (Å²) in [5, 5.41) is 12.8. The first kappa shape index (κ1) is 31.1. The molecule has 0 saturated carbocycles. The molecule has 0 aromatic heterocycles. The molecular formula is C56H34. The molecule has 258 valence electrons. The van der Waals surface area contributed by atoms with E-state index in [0.717, 1.165) is 0 Å². The fourth-order valence-electron chi connectivity index (χ4n) is 9.42. The van der Waals surface area contributed by atoms with Gasteiger partial charge in [-0.1, -0.05) is 170 Å². The van der Waals surface area contributed by atoms with Gasteiger partial charge in [0.1, 0.15) is 0 Å². The first-order valence-corrected chi connectivity index (χ1v) is 19.5. The molecule has 1 aliphatic rings. The van der Waals surface area contributed by atoms with E-state index in [2.05, 4.69) is 206 Å². The molecular weight excluding hydrogens is 673 g/mol. The molecule has 0 N–H and O–H groups in total. The molecule has 0 aliphatic heterocycles. The van der Waals surface area contributed by atoms with Gasteiger partial charge in [-0.2, -0.15) is 0 Å². The van der Waals surface area contributed by atoms with Crippen LogP contribution in [0.3, 0.4) is 0 Å². The lowest BCUT2D eigenvalue weighted by molar-refractivity contribution is 1.62. The Hall–Kier alpha value is -7.28. The number of fused-ring (bicyclic) bond motifs is 8. The molecule has 0 amide bonds. The van der Waals surface area contributed by atoms with Gasteiger partial charge in [-0.3, -0.25) is 0 Å². The zero-order valence-electron chi connectivity index (χ0n) is 30.6. The van der Waals surface area contributed by atoms with Crippen molar-refractivity contribution in [2.45, 2.75) is 0 Å². The van der Waals surface area contributed by atoms with Gasteiger partial charge >= 0.3 is 0 Å². The van der Waals surface area contributed by atoms with E-state index in [1.54, 1.807) is 0 Å². The third-order valence-electron chi connectivity index (χ3n) is 12.1. The van der Waals surface area contributed by atoms with E-state index >= 15 is 0 Å². The van der Waals surface area contributed by atoms with Gasteiger partial charge in [-0.25, -0.2) is 0 Å². The molecule has 0 unspecified atom stereocenters. The highest BCUT2D eigenvalue weighted by molar-refractivity contribution is 6.19. The average molecular weight is 707 g/mol. The molecule has 0 heterocycles. The van der Waals surface area contributed by atoms with Crippen LogP contribution in [0.5, 0.6) is 0 Å². The van der Waals surface area contributed by atoms with Gasteiger partial charge in [0.15, 0.2) is 0 Å². The maximum Gasteiger partial charge on any atom is -0.00201 e. The molecule has 12 rings (SSSR count). The second-order valence-electron chi connectivity index (χ2n) is 15.3. The highest BCUT2D eigenvalue weighted by Gasteiger charge is 2.22. The van der Waals surface area contributed by atoms with E-state index in [1.165, 1.54) is 121 Å². The minimum Gasteiger partial charge on any atom is -0.0616 e. The first-order chi connectivity index (χ1) is 27.7. The second kappa shape index (κ2) is 12.1. The summed E-state index contributed by atoms with van der Waals surface area (Å²) in [6.07, 6.45) is 0. The molecule has 0 bridgehead atoms. The normalized spacial score (nSPS) is 11.9. The zero-order chi connectivity index (χ0) is 36.7. The van der Waals surface area contributed by atoms with Gasteiger partial charge in [0.2, 0.25) is 0 Å². The summed E-state index contributed by atoms with van der Waals surface area (Å²) in [7, 11) is 0. The van der Waals surface area contributed by atoms with Crippen LogP contribution in [0.25, 0.3) is 121 Å². The highest BCUT2D eigenvalue weighted by atomic mass is 14.2. The Morgan fingerprint density at radius 3 is 1.32 bits per heavy atom. The Bertz CT molecular complexity index is 3390. The van der Waals surface area contributed by atoms with Crippen LogP contribution in [0.1, 0.15) is 0 Å². The van der Waals surface area contributed by atoms with Crippen molar-refractivity contribution in [2.24, 2.45) is 0 Å². The topological polar surface area (TPSA) is 0 Å². The minimum atomic E-state index is 1.22. The molecule has 1 aliphatic carbocycles. The van der Waals surface area contributed by atoms with Crippen LogP contribution >= 0.6 is 0 Å². The van der Waals surface area contributed by atoms with Gasteiger partial charge in [-0.15, -0.1) is 0 Å². The largest absolute Gasteiger partial charge is 0.0616 e. The van der Waals surface area contributed by atoms with Crippen LogP contribution in [-0.4, -0.2) is 0 Å². The maximum atomic E-state index is 2.35. The molecule has 11 aromatic rings. The molecule has 56 heavy (non-hydrogen) atoms. The summed E-state index contributed by atoms with van der Waals surface area (Å²) in [6.45, 7) is 0. The lowest BCUT2D eigenvalue weighted by Gasteiger charge is -2.13. The molecule has 0 heteroatoms. The van der Waals surface area contributed by atoms with E-state index in [1.807, 2.05) is 0 Å². The minimum absolute atomic E-state index is 1.22. The van der Waals surface area contributed by atoms with E-state index in [4.69, 9.17) is 0 Å². The van der Waals surface area contributed by atoms with Gasteiger partial charge in [-0.05, 0) is 157 Å². The molecule has 0 atom stereocenters. The van der Waals surface area contributed by atoms with Gasteiger partial charge < -0.3 is 0 Å². The monoisotopic (exact) mass is 706 g/mol. The Kier molecular flexibility index (Phi) is 6.73. The summed E-state index contributed by atoms with van der Waals surface area (Å²) in [6, 6.07) is 76.5. The Morgan fingerprint density at radius 1 is 0.179 bits per heavy atom. The Labute approximate surface area is 325 Å². The average Bonchev–Trinajstić information content (AvgIpc) is 3.60. The van der Waals surface area contributed by atoms with Crippen molar-refractivity contribution in [3.05, 3.63) is 206 Å². The van der Waals surface area contributed by atoms with Crippen molar-refractivity contribution in [1.82, 2.24) is 0 Å². The highest BCUT2D eigenvalue weighted by Crippen LogP contribution is 2.49. The molecule has 0 spiro atoms. The Balaban J connectivity index is 0.864. The van der Waals surface area contributed by atoms with Crippen LogP contribution in [0.4, 0.5) is 0 Å². The van der Waals surface area contributed by atoms with Crippen LogP contribution in [0.15, 0.2) is 206 Å². The molecule has 11 aromatic carbocycles. The van der Waals surface area contributed by atoms with Crippen LogP contribution in [0, 0.1) is 0 Å². The Morgan fingerprint density at radius 2 is 0.625 bits per heavy atom. The fourth-order valence-corrected chi connectivity index (χ4v) is 9.42. The fraction of sp³-hybridized carbons (Fsp3) is 0. The van der Waals surface area contributed by atoms with Crippen molar-refractivity contribution in [2.75, 3.05) is 0 Å². The predicted octanol–water partition coefficient (Wildman–Crippen LogP) is 15.8. The standard InChI is InChI=1S/C56H34/c1-2-12-46-44(9-1)34-55(51-16-6-3-13-48(46)51)43-11-7-10-35(32-43)36-19-20-38-30-39(22-21-37(38)29-36)40-23-24-42-33-45(26-25-41(42)31-40)47-27-28-54-50-15-5-4-14-49(50)53-18-8-17-52(47)56(53)54/h1-34H. The molecule has 0 fully saturated rings. The van der Waals surface area contributed by atoms with Crippen LogP contribution < -0.4 is 0 Å². The van der Waals surface area contributed by atoms with Crippen LogP contribution in [-0.2, 0) is 0 Å². The first-order valence-electron chi connectivity index (χ1n) is 19.5. The zero-order valence-corrected chi connectivity index (χ0v) is 30.6. The third-order valence-corrected chi connectivity index (χ3v) is 12.1. The number of rotatable bonds is 4. The summed E-state index contributed by atoms with van der Waals surface area (Å²) >= 11 is 0. The molecule has 0 radical (unpaired) electrons. The maximum absolute atomic E-state index is 2.35. The number of hydrogen-bond donors (Lipinski definition) is 0. The van der Waals surface area contributed by atoms with Crippen molar-refractivity contribution in [1.29, 1.82) is 0 Å². The molecule has 0 nitrogen and oxygen atoms in total. The smallest absolute Gasteiger partial charge is 0.00201 e. The lowest BCUT2D eigenvalue weighted by Crippen LogP contribution is -1.86. The van der Waals surface area contributed by atoms with Crippen molar-refractivity contribution < 1.29 is 0 Å². The lowest BCUT2D eigenvalue weighted by atomic mass is 9.91. The van der Waals surface area contributed by atoms with E-state index in [-0.39, 0.29) is 0 Å². The van der Waals surface area contributed by atoms with Gasteiger partial charge in [0.25, 0.3) is 0 Å². The predicted molar refractivity (Wildman–Crippen MR) is 240 cm³/mol.